The van der Waals surface area contributed by atoms with Crippen molar-refractivity contribution in [3.05, 3.63) is 59.7 Å². The van der Waals surface area contributed by atoms with Gasteiger partial charge in [-0.05, 0) is 42.8 Å². The Balaban J connectivity index is 2.35. The molecule has 0 spiro atoms. The van der Waals surface area contributed by atoms with Crippen molar-refractivity contribution >= 4 is 19.9 Å². The molecular weight excluding hydrogens is 372 g/mol. The summed E-state index contributed by atoms with van der Waals surface area (Å²) in [5.41, 5.74) is 0.557. The van der Waals surface area contributed by atoms with E-state index in [9.17, 15) is 25.6 Å². The van der Waals surface area contributed by atoms with Crippen molar-refractivity contribution in [3.8, 4) is 0 Å². The van der Waals surface area contributed by atoms with Crippen LogP contribution in [0.5, 0.6) is 0 Å². The fraction of sp³-hybridized carbons (Fsp3) is 0.250. The fourth-order valence-electron chi connectivity index (χ4n) is 2.22. The van der Waals surface area contributed by atoms with Gasteiger partial charge in [0, 0.05) is 19.3 Å². The predicted octanol–water partition coefficient (Wildman–Crippen LogP) is 2.75. The molecule has 0 radical (unpaired) electrons. The molecule has 2 aromatic rings. The maximum absolute atomic E-state index is 13.3. The molecule has 0 aliphatic carbocycles. The fourth-order valence-corrected chi connectivity index (χ4v) is 4.21. The van der Waals surface area contributed by atoms with Gasteiger partial charge in [0.15, 0.2) is 21.5 Å². The lowest BCUT2D eigenvalue weighted by molar-refractivity contribution is 0.397. The second kappa shape index (κ2) is 6.81. The number of sulfone groups is 1. The first-order valence-corrected chi connectivity index (χ1v) is 10.5. The zero-order valence-electron chi connectivity index (χ0n) is 13.8. The van der Waals surface area contributed by atoms with E-state index in [-0.39, 0.29) is 9.79 Å². The average Bonchev–Trinajstić information content (AvgIpc) is 2.55. The minimum Gasteiger partial charge on any atom is -0.224 e. The summed E-state index contributed by atoms with van der Waals surface area (Å²) in [5, 5.41) is 0. The van der Waals surface area contributed by atoms with Crippen molar-refractivity contribution in [2.45, 2.75) is 22.8 Å². The highest BCUT2D eigenvalue weighted by molar-refractivity contribution is 7.90. The van der Waals surface area contributed by atoms with Gasteiger partial charge >= 0.3 is 0 Å². The number of nitrogens with zero attached hydrogens (tertiary/aromatic N) is 1. The van der Waals surface area contributed by atoms with E-state index in [4.69, 9.17) is 0 Å². The van der Waals surface area contributed by atoms with Gasteiger partial charge in [-0.1, -0.05) is 12.1 Å². The Morgan fingerprint density at radius 3 is 1.88 bits per heavy atom. The van der Waals surface area contributed by atoms with E-state index in [1.54, 1.807) is 6.92 Å². The summed E-state index contributed by atoms with van der Waals surface area (Å²) in [6.45, 7) is 1.60. The summed E-state index contributed by atoms with van der Waals surface area (Å²) in [6, 6.07) is 7.52. The van der Waals surface area contributed by atoms with Crippen LogP contribution < -0.4 is 0 Å². The molecule has 0 fully saturated rings. The minimum atomic E-state index is -4.06. The topological polar surface area (TPSA) is 71.5 Å². The quantitative estimate of drug-likeness (QED) is 0.788. The van der Waals surface area contributed by atoms with Gasteiger partial charge in [-0.3, -0.25) is 0 Å². The summed E-state index contributed by atoms with van der Waals surface area (Å²) in [5.74, 6) is -2.38. The molecule has 0 aliphatic heterocycles. The summed E-state index contributed by atoms with van der Waals surface area (Å²) >= 11 is 0. The van der Waals surface area contributed by atoms with Gasteiger partial charge < -0.3 is 0 Å². The molecule has 5 nitrogen and oxygen atoms in total. The van der Waals surface area contributed by atoms with Gasteiger partial charge in [0.1, 0.15) is 0 Å². The van der Waals surface area contributed by atoms with Crippen molar-refractivity contribution < 1.29 is 25.6 Å². The van der Waals surface area contributed by atoms with Gasteiger partial charge in [0.05, 0.1) is 9.79 Å². The molecule has 0 aromatic heterocycles. The van der Waals surface area contributed by atoms with Crippen molar-refractivity contribution in [3.63, 3.8) is 0 Å². The van der Waals surface area contributed by atoms with E-state index in [1.165, 1.54) is 31.3 Å². The van der Waals surface area contributed by atoms with Crippen LogP contribution in [-0.4, -0.2) is 34.4 Å². The van der Waals surface area contributed by atoms with Crippen LogP contribution in [0.2, 0.25) is 0 Å². The highest BCUT2D eigenvalue weighted by Gasteiger charge is 2.27. The predicted molar refractivity (Wildman–Crippen MR) is 89.3 cm³/mol. The molecule has 2 rings (SSSR count). The lowest BCUT2D eigenvalue weighted by atomic mass is 10.1. The molecule has 0 saturated heterocycles. The van der Waals surface area contributed by atoms with E-state index >= 15 is 0 Å². The van der Waals surface area contributed by atoms with E-state index in [0.717, 1.165) is 22.7 Å². The average molecular weight is 389 g/mol. The lowest BCUT2D eigenvalue weighted by Gasteiger charge is -2.25. The van der Waals surface area contributed by atoms with E-state index in [2.05, 4.69) is 0 Å². The monoisotopic (exact) mass is 389 g/mol. The van der Waals surface area contributed by atoms with Gasteiger partial charge in [0.2, 0.25) is 10.0 Å². The molecule has 0 heterocycles. The van der Waals surface area contributed by atoms with Crippen LogP contribution in [0.3, 0.4) is 0 Å². The molecule has 0 aliphatic rings. The Morgan fingerprint density at radius 2 is 1.40 bits per heavy atom. The summed E-state index contributed by atoms with van der Waals surface area (Å²) in [4.78, 5) is -0.247. The van der Waals surface area contributed by atoms with Gasteiger partial charge in [-0.15, -0.1) is 0 Å². The van der Waals surface area contributed by atoms with Crippen molar-refractivity contribution in [1.82, 2.24) is 4.31 Å². The van der Waals surface area contributed by atoms with Gasteiger partial charge in [0.25, 0.3) is 0 Å². The molecule has 0 N–H and O–H groups in total. The van der Waals surface area contributed by atoms with E-state index < -0.39 is 37.5 Å². The summed E-state index contributed by atoms with van der Waals surface area (Å²) in [6.07, 6.45) is 1.07. The third-order valence-corrected chi connectivity index (χ3v) is 6.96. The van der Waals surface area contributed by atoms with Crippen LogP contribution in [-0.2, 0) is 19.9 Å². The maximum Gasteiger partial charge on any atom is 0.243 e. The lowest BCUT2D eigenvalue weighted by Crippen LogP contribution is -2.30. The van der Waals surface area contributed by atoms with Crippen LogP contribution in [0.25, 0.3) is 0 Å². The SMILES string of the molecule is CC(c1ccc(S(C)(=O)=O)cc1)N(C)S(=O)(=O)c1ccc(F)c(F)c1. The van der Waals surface area contributed by atoms with Gasteiger partial charge in [-0.25, -0.2) is 25.6 Å². The molecule has 2 aromatic carbocycles. The molecular formula is C16H17F2NO4S2. The first-order valence-electron chi connectivity index (χ1n) is 7.17. The number of rotatable bonds is 5. The van der Waals surface area contributed by atoms with E-state index in [1.807, 2.05) is 0 Å². The zero-order valence-corrected chi connectivity index (χ0v) is 15.4. The highest BCUT2D eigenvalue weighted by atomic mass is 32.2. The Labute approximate surface area is 145 Å². The number of hydrogen-bond donors (Lipinski definition) is 0. The maximum atomic E-state index is 13.3. The number of sulfonamides is 1. The standard InChI is InChI=1S/C16H17F2NO4S2/c1-11(12-4-6-13(7-5-12)24(3,20)21)19(2)25(22,23)14-8-9-15(17)16(18)10-14/h4-11H,1-3H3. The third-order valence-electron chi connectivity index (χ3n) is 3.90. The second-order valence-corrected chi connectivity index (χ2v) is 9.63. The van der Waals surface area contributed by atoms with Gasteiger partial charge in [-0.2, -0.15) is 4.31 Å². The molecule has 0 bridgehead atoms. The molecule has 0 amide bonds. The van der Waals surface area contributed by atoms with Crippen LogP contribution in [0.4, 0.5) is 8.78 Å². The van der Waals surface area contributed by atoms with Crippen LogP contribution in [0, 0.1) is 11.6 Å². The Hall–Kier alpha value is -1.84. The van der Waals surface area contributed by atoms with E-state index in [0.29, 0.717) is 11.6 Å². The number of hydrogen-bond acceptors (Lipinski definition) is 4. The van der Waals surface area contributed by atoms with Crippen LogP contribution in [0.1, 0.15) is 18.5 Å². The van der Waals surface area contributed by atoms with Crippen LogP contribution >= 0.6 is 0 Å². The van der Waals surface area contributed by atoms with Crippen LogP contribution in [0.15, 0.2) is 52.3 Å². The molecule has 0 saturated carbocycles. The first-order chi connectivity index (χ1) is 11.4. The Morgan fingerprint density at radius 1 is 0.880 bits per heavy atom. The number of halogens is 2. The minimum absolute atomic E-state index is 0.120. The molecule has 9 heteroatoms. The summed E-state index contributed by atoms with van der Waals surface area (Å²) < 4.78 is 75.5. The largest absolute Gasteiger partial charge is 0.243 e. The first kappa shape index (κ1) is 19.5. The molecule has 1 unspecified atom stereocenters. The Bertz CT molecular complexity index is 987. The molecule has 136 valence electrons. The normalized spacial score (nSPS) is 13.8. The Kier molecular flexibility index (Phi) is 5.31. The third kappa shape index (κ3) is 4.05. The summed E-state index contributed by atoms with van der Waals surface area (Å²) in [7, 11) is -6.10. The second-order valence-electron chi connectivity index (χ2n) is 5.61. The zero-order chi connectivity index (χ0) is 19.0. The number of benzene rings is 2. The molecule has 25 heavy (non-hydrogen) atoms. The van der Waals surface area contributed by atoms with Crippen molar-refractivity contribution in [1.29, 1.82) is 0 Å². The highest BCUT2D eigenvalue weighted by Crippen LogP contribution is 2.27. The van der Waals surface area contributed by atoms with Crippen molar-refractivity contribution in [2.75, 3.05) is 13.3 Å². The smallest absolute Gasteiger partial charge is 0.224 e. The molecule has 1 atom stereocenters. The van der Waals surface area contributed by atoms with Crippen molar-refractivity contribution in [2.24, 2.45) is 0 Å².